The van der Waals surface area contributed by atoms with Gasteiger partial charge in [-0.1, -0.05) is 44.2 Å². The standard InChI is InChI=1S/C20H21NO2/c1-20(2)16-10-5-6-11-17(16)21(3)19(20)13-18(22)14-8-7-9-15(12-14)23-4/h5-13H,1-4H3. The van der Waals surface area contributed by atoms with E-state index in [0.29, 0.717) is 11.3 Å². The molecule has 0 spiro atoms. The SMILES string of the molecule is COc1cccc(C(=O)C=C2N(C)c3ccccc3C2(C)C)c1. The van der Waals surface area contributed by atoms with Gasteiger partial charge in [0.2, 0.25) is 0 Å². The molecule has 3 rings (SSSR count). The Balaban J connectivity index is 2.01. The molecule has 1 aliphatic rings. The largest absolute Gasteiger partial charge is 0.497 e. The number of hydrogen-bond acceptors (Lipinski definition) is 3. The molecule has 2 aromatic rings. The highest BCUT2D eigenvalue weighted by Crippen LogP contribution is 2.46. The van der Waals surface area contributed by atoms with Crippen molar-refractivity contribution in [2.75, 3.05) is 19.1 Å². The van der Waals surface area contributed by atoms with Gasteiger partial charge >= 0.3 is 0 Å². The number of para-hydroxylation sites is 1. The van der Waals surface area contributed by atoms with Crippen LogP contribution in [0.5, 0.6) is 5.75 Å². The van der Waals surface area contributed by atoms with Crippen molar-refractivity contribution in [2.24, 2.45) is 0 Å². The van der Waals surface area contributed by atoms with Crippen LogP contribution in [0.25, 0.3) is 0 Å². The lowest BCUT2D eigenvalue weighted by atomic mass is 9.83. The maximum absolute atomic E-state index is 12.7. The van der Waals surface area contributed by atoms with Crippen LogP contribution in [-0.2, 0) is 5.41 Å². The highest BCUT2D eigenvalue weighted by atomic mass is 16.5. The summed E-state index contributed by atoms with van der Waals surface area (Å²) in [6, 6.07) is 15.6. The zero-order valence-corrected chi connectivity index (χ0v) is 14.0. The van der Waals surface area contributed by atoms with Gasteiger partial charge in [0.25, 0.3) is 0 Å². The third kappa shape index (κ3) is 2.52. The Kier molecular flexibility index (Phi) is 3.72. The number of allylic oxidation sites excluding steroid dienone is 2. The lowest BCUT2D eigenvalue weighted by Gasteiger charge is -2.24. The van der Waals surface area contributed by atoms with Crippen molar-refractivity contribution >= 4 is 11.5 Å². The van der Waals surface area contributed by atoms with E-state index in [2.05, 4.69) is 30.9 Å². The molecule has 118 valence electrons. The van der Waals surface area contributed by atoms with Crippen molar-refractivity contribution < 1.29 is 9.53 Å². The third-order valence-corrected chi connectivity index (χ3v) is 4.56. The Hall–Kier alpha value is -2.55. The van der Waals surface area contributed by atoms with Crippen LogP contribution >= 0.6 is 0 Å². The van der Waals surface area contributed by atoms with Crippen molar-refractivity contribution in [3.63, 3.8) is 0 Å². The average Bonchev–Trinajstić information content (AvgIpc) is 2.76. The first kappa shape index (κ1) is 15.3. The molecule has 0 aliphatic carbocycles. The van der Waals surface area contributed by atoms with Gasteiger partial charge in [0.1, 0.15) is 5.75 Å². The number of methoxy groups -OCH3 is 1. The van der Waals surface area contributed by atoms with E-state index < -0.39 is 0 Å². The van der Waals surface area contributed by atoms with Gasteiger partial charge in [0, 0.05) is 35.5 Å². The van der Waals surface area contributed by atoms with Crippen molar-refractivity contribution in [1.82, 2.24) is 0 Å². The molecule has 0 atom stereocenters. The molecule has 0 saturated carbocycles. The van der Waals surface area contributed by atoms with Gasteiger partial charge in [-0.05, 0) is 23.8 Å². The maximum atomic E-state index is 12.7. The van der Waals surface area contributed by atoms with Crippen LogP contribution < -0.4 is 9.64 Å². The second-order valence-electron chi connectivity index (χ2n) is 6.33. The van der Waals surface area contributed by atoms with Crippen LogP contribution in [0, 0.1) is 0 Å². The monoisotopic (exact) mass is 307 g/mol. The number of hydrogen-bond donors (Lipinski definition) is 0. The zero-order valence-electron chi connectivity index (χ0n) is 14.0. The number of benzene rings is 2. The normalized spacial score (nSPS) is 17.2. The lowest BCUT2D eigenvalue weighted by molar-refractivity contribution is 0.104. The minimum atomic E-state index is -0.195. The summed E-state index contributed by atoms with van der Waals surface area (Å²) in [5.74, 6) is 0.684. The number of likely N-dealkylation sites (N-methyl/N-ethyl adjacent to an activating group) is 1. The molecular formula is C20H21NO2. The fourth-order valence-corrected chi connectivity index (χ4v) is 3.24. The Bertz CT molecular complexity index is 790. The molecule has 0 bridgehead atoms. The number of ketones is 1. The number of rotatable bonds is 3. The summed E-state index contributed by atoms with van der Waals surface area (Å²) >= 11 is 0. The second-order valence-corrected chi connectivity index (χ2v) is 6.33. The summed E-state index contributed by atoms with van der Waals surface area (Å²) in [4.78, 5) is 14.8. The molecule has 3 nitrogen and oxygen atoms in total. The summed E-state index contributed by atoms with van der Waals surface area (Å²) in [7, 11) is 3.62. The number of anilines is 1. The van der Waals surface area contributed by atoms with Crippen LogP contribution in [0.4, 0.5) is 5.69 Å². The van der Waals surface area contributed by atoms with Crippen molar-refractivity contribution in [3.05, 3.63) is 71.4 Å². The van der Waals surface area contributed by atoms with E-state index in [4.69, 9.17) is 4.74 Å². The topological polar surface area (TPSA) is 29.5 Å². The number of fused-ring (bicyclic) bond motifs is 1. The van der Waals surface area contributed by atoms with Gasteiger partial charge in [-0.3, -0.25) is 4.79 Å². The Morgan fingerprint density at radius 3 is 2.57 bits per heavy atom. The number of ether oxygens (including phenoxy) is 1. The Morgan fingerprint density at radius 1 is 1.13 bits per heavy atom. The third-order valence-electron chi connectivity index (χ3n) is 4.56. The molecule has 1 aliphatic heterocycles. The number of carbonyl (C=O) groups excluding carboxylic acids is 1. The molecule has 23 heavy (non-hydrogen) atoms. The molecule has 0 aromatic heterocycles. The molecular weight excluding hydrogens is 286 g/mol. The van der Waals surface area contributed by atoms with E-state index in [0.717, 1.165) is 11.4 Å². The summed E-state index contributed by atoms with van der Waals surface area (Å²) in [6.07, 6.45) is 1.74. The van der Waals surface area contributed by atoms with Gasteiger partial charge < -0.3 is 9.64 Å². The first-order valence-electron chi connectivity index (χ1n) is 7.69. The molecule has 0 fully saturated rings. The van der Waals surface area contributed by atoms with Gasteiger partial charge in [-0.25, -0.2) is 0 Å². The van der Waals surface area contributed by atoms with E-state index in [-0.39, 0.29) is 11.2 Å². The summed E-state index contributed by atoms with van der Waals surface area (Å²) < 4.78 is 5.20. The highest BCUT2D eigenvalue weighted by molar-refractivity contribution is 6.06. The summed E-state index contributed by atoms with van der Waals surface area (Å²) in [6.45, 7) is 4.31. The quantitative estimate of drug-likeness (QED) is 0.629. The first-order chi connectivity index (χ1) is 10.9. The predicted octanol–water partition coefficient (Wildman–Crippen LogP) is 4.19. The molecule has 3 heteroatoms. The number of carbonyl (C=O) groups is 1. The van der Waals surface area contributed by atoms with Gasteiger partial charge in [-0.2, -0.15) is 0 Å². The highest BCUT2D eigenvalue weighted by Gasteiger charge is 2.38. The average molecular weight is 307 g/mol. The lowest BCUT2D eigenvalue weighted by Crippen LogP contribution is -2.24. The summed E-state index contributed by atoms with van der Waals surface area (Å²) in [5, 5.41) is 0. The predicted molar refractivity (Wildman–Crippen MR) is 93.3 cm³/mol. The first-order valence-corrected chi connectivity index (χ1v) is 7.69. The van der Waals surface area contributed by atoms with E-state index in [1.807, 2.05) is 37.4 Å². The molecule has 2 aromatic carbocycles. The fraction of sp³-hybridized carbons (Fsp3) is 0.250. The molecule has 1 heterocycles. The van der Waals surface area contributed by atoms with Crippen LogP contribution in [0.2, 0.25) is 0 Å². The Labute approximate surface area is 137 Å². The summed E-state index contributed by atoms with van der Waals surface area (Å²) in [5.41, 5.74) is 3.85. The van der Waals surface area contributed by atoms with E-state index in [9.17, 15) is 4.79 Å². The molecule has 0 saturated heterocycles. The maximum Gasteiger partial charge on any atom is 0.187 e. The Morgan fingerprint density at radius 2 is 1.87 bits per heavy atom. The van der Waals surface area contributed by atoms with Gasteiger partial charge in [0.05, 0.1) is 7.11 Å². The zero-order chi connectivity index (χ0) is 16.6. The van der Waals surface area contributed by atoms with E-state index in [1.165, 1.54) is 5.56 Å². The minimum Gasteiger partial charge on any atom is -0.497 e. The molecule has 0 amide bonds. The van der Waals surface area contributed by atoms with Crippen molar-refractivity contribution in [2.45, 2.75) is 19.3 Å². The molecule has 0 unspecified atom stereocenters. The van der Waals surface area contributed by atoms with Crippen LogP contribution in [-0.4, -0.2) is 19.9 Å². The van der Waals surface area contributed by atoms with E-state index >= 15 is 0 Å². The van der Waals surface area contributed by atoms with Crippen molar-refractivity contribution in [1.29, 1.82) is 0 Å². The minimum absolute atomic E-state index is 0.00775. The molecule has 0 N–H and O–H groups in total. The smallest absolute Gasteiger partial charge is 0.187 e. The van der Waals surface area contributed by atoms with Crippen LogP contribution in [0.3, 0.4) is 0 Å². The van der Waals surface area contributed by atoms with Gasteiger partial charge in [-0.15, -0.1) is 0 Å². The fourth-order valence-electron chi connectivity index (χ4n) is 3.24. The van der Waals surface area contributed by atoms with Crippen LogP contribution in [0.15, 0.2) is 60.3 Å². The van der Waals surface area contributed by atoms with Crippen molar-refractivity contribution in [3.8, 4) is 5.75 Å². The van der Waals surface area contributed by atoms with Gasteiger partial charge in [0.15, 0.2) is 5.78 Å². The number of nitrogens with zero attached hydrogens (tertiary/aromatic N) is 1. The van der Waals surface area contributed by atoms with Crippen LogP contribution in [0.1, 0.15) is 29.8 Å². The molecule has 0 radical (unpaired) electrons. The van der Waals surface area contributed by atoms with E-state index in [1.54, 1.807) is 19.3 Å². The second kappa shape index (κ2) is 5.58.